The lowest BCUT2D eigenvalue weighted by Crippen LogP contribution is -2.25. The van der Waals surface area contributed by atoms with Gasteiger partial charge in [-0.1, -0.05) is 13.0 Å². The molecule has 21 heavy (non-hydrogen) atoms. The second-order valence-corrected chi connectivity index (χ2v) is 5.00. The Labute approximate surface area is 125 Å². The van der Waals surface area contributed by atoms with E-state index in [0.717, 1.165) is 37.0 Å². The maximum Gasteiger partial charge on any atom is 0.150 e. The van der Waals surface area contributed by atoms with E-state index in [0.29, 0.717) is 24.2 Å². The topological polar surface area (TPSA) is 102 Å². The summed E-state index contributed by atoms with van der Waals surface area (Å²) in [7, 11) is 0. The van der Waals surface area contributed by atoms with E-state index in [-0.39, 0.29) is 0 Å². The predicted molar refractivity (Wildman–Crippen MR) is 84.1 cm³/mol. The minimum absolute atomic E-state index is 0.323. The van der Waals surface area contributed by atoms with Crippen molar-refractivity contribution >= 4 is 11.7 Å². The Kier molecular flexibility index (Phi) is 5.57. The number of ether oxygens (including phenoxy) is 1. The summed E-state index contributed by atoms with van der Waals surface area (Å²) in [5, 5.41) is 6.63. The molecule has 0 spiro atoms. The molecule has 1 aromatic rings. The SMILES string of the molecule is CC\C=C(C(=C/N)/C(N)=N/c1ccn[nH]1)\C1CCCOC1. The van der Waals surface area contributed by atoms with Crippen LogP contribution >= 0.6 is 0 Å². The highest BCUT2D eigenvalue weighted by Crippen LogP contribution is 2.28. The third-order valence-corrected chi connectivity index (χ3v) is 3.50. The second kappa shape index (κ2) is 7.64. The van der Waals surface area contributed by atoms with Gasteiger partial charge in [-0.2, -0.15) is 5.10 Å². The van der Waals surface area contributed by atoms with Crippen molar-refractivity contribution in [1.29, 1.82) is 0 Å². The Morgan fingerprint density at radius 1 is 1.62 bits per heavy atom. The summed E-state index contributed by atoms with van der Waals surface area (Å²) in [6, 6.07) is 1.76. The van der Waals surface area contributed by atoms with Gasteiger partial charge in [-0.3, -0.25) is 5.10 Å². The molecule has 1 unspecified atom stereocenters. The highest BCUT2D eigenvalue weighted by molar-refractivity contribution is 6.02. The highest BCUT2D eigenvalue weighted by Gasteiger charge is 2.22. The van der Waals surface area contributed by atoms with Crippen LogP contribution in [0.2, 0.25) is 0 Å². The second-order valence-electron chi connectivity index (χ2n) is 5.00. The fourth-order valence-electron chi connectivity index (χ4n) is 2.53. The zero-order valence-corrected chi connectivity index (χ0v) is 12.4. The van der Waals surface area contributed by atoms with Gasteiger partial charge in [0.15, 0.2) is 0 Å². The molecule has 1 aliphatic rings. The molecule has 114 valence electrons. The van der Waals surface area contributed by atoms with Gasteiger partial charge in [-0.05, 0) is 24.8 Å². The molecule has 5 N–H and O–H groups in total. The molecule has 1 fully saturated rings. The van der Waals surface area contributed by atoms with E-state index in [4.69, 9.17) is 16.2 Å². The number of aromatic nitrogens is 2. The molecule has 6 nitrogen and oxygen atoms in total. The molecule has 2 rings (SSSR count). The number of aromatic amines is 1. The normalized spacial score (nSPS) is 21.6. The first-order valence-corrected chi connectivity index (χ1v) is 7.30. The smallest absolute Gasteiger partial charge is 0.150 e. The van der Waals surface area contributed by atoms with Gasteiger partial charge in [0.05, 0.1) is 12.8 Å². The molecule has 2 heterocycles. The van der Waals surface area contributed by atoms with Gasteiger partial charge in [-0.25, -0.2) is 4.99 Å². The lowest BCUT2D eigenvalue weighted by molar-refractivity contribution is 0.0681. The summed E-state index contributed by atoms with van der Waals surface area (Å²) in [6.45, 7) is 3.63. The molecule has 0 saturated carbocycles. The number of allylic oxidation sites excluding steroid dienone is 1. The Balaban J connectivity index is 2.26. The number of nitrogens with one attached hydrogen (secondary N) is 1. The van der Waals surface area contributed by atoms with E-state index in [9.17, 15) is 0 Å². The average Bonchev–Trinajstić information content (AvgIpc) is 3.01. The molecular formula is C15H23N5O. The van der Waals surface area contributed by atoms with Crippen LogP contribution in [0.5, 0.6) is 0 Å². The van der Waals surface area contributed by atoms with E-state index < -0.39 is 0 Å². The Morgan fingerprint density at radius 2 is 2.48 bits per heavy atom. The molecule has 1 aliphatic heterocycles. The summed E-state index contributed by atoms with van der Waals surface area (Å²) in [6.07, 6.45) is 8.39. The molecule has 0 radical (unpaired) electrons. The number of H-pyrrole nitrogens is 1. The van der Waals surface area contributed by atoms with E-state index in [1.807, 2.05) is 0 Å². The quantitative estimate of drug-likeness (QED) is 0.438. The van der Waals surface area contributed by atoms with E-state index in [1.54, 1.807) is 12.3 Å². The van der Waals surface area contributed by atoms with Crippen molar-refractivity contribution in [1.82, 2.24) is 10.2 Å². The van der Waals surface area contributed by atoms with Crippen LogP contribution in [0.25, 0.3) is 0 Å². The first kappa shape index (κ1) is 15.3. The van der Waals surface area contributed by atoms with Gasteiger partial charge in [0.2, 0.25) is 0 Å². The summed E-state index contributed by atoms with van der Waals surface area (Å²) in [5.74, 6) is 1.33. The number of amidine groups is 1. The summed E-state index contributed by atoms with van der Waals surface area (Å²) in [5.41, 5.74) is 13.8. The molecule has 0 amide bonds. The number of nitrogens with zero attached hydrogens (tertiary/aromatic N) is 2. The minimum atomic E-state index is 0.323. The van der Waals surface area contributed by atoms with Crippen molar-refractivity contribution in [2.75, 3.05) is 13.2 Å². The van der Waals surface area contributed by atoms with Crippen molar-refractivity contribution in [2.24, 2.45) is 22.4 Å². The maximum atomic E-state index is 6.13. The largest absolute Gasteiger partial charge is 0.404 e. The van der Waals surface area contributed by atoms with Gasteiger partial charge in [0.25, 0.3) is 0 Å². The Bertz CT molecular complexity index is 524. The van der Waals surface area contributed by atoms with Crippen LogP contribution in [0.3, 0.4) is 0 Å². The van der Waals surface area contributed by atoms with Crippen molar-refractivity contribution in [2.45, 2.75) is 26.2 Å². The van der Waals surface area contributed by atoms with E-state index in [2.05, 4.69) is 28.2 Å². The fourth-order valence-corrected chi connectivity index (χ4v) is 2.53. The van der Waals surface area contributed by atoms with Crippen molar-refractivity contribution in [3.05, 3.63) is 35.7 Å². The third kappa shape index (κ3) is 3.95. The van der Waals surface area contributed by atoms with Gasteiger partial charge >= 0.3 is 0 Å². The van der Waals surface area contributed by atoms with Gasteiger partial charge in [0.1, 0.15) is 11.7 Å². The maximum absolute atomic E-state index is 6.13. The third-order valence-electron chi connectivity index (χ3n) is 3.50. The van der Waals surface area contributed by atoms with E-state index in [1.165, 1.54) is 6.20 Å². The van der Waals surface area contributed by atoms with Gasteiger partial charge in [-0.15, -0.1) is 0 Å². The molecule has 1 atom stereocenters. The lowest BCUT2D eigenvalue weighted by Gasteiger charge is -2.26. The van der Waals surface area contributed by atoms with Crippen molar-refractivity contribution < 1.29 is 4.74 Å². The lowest BCUT2D eigenvalue weighted by atomic mass is 9.87. The molecule has 1 saturated heterocycles. The van der Waals surface area contributed by atoms with Crippen LogP contribution in [0.4, 0.5) is 5.82 Å². The predicted octanol–water partition coefficient (Wildman–Crippen LogP) is 2.00. The molecule has 6 heteroatoms. The van der Waals surface area contributed by atoms with Crippen molar-refractivity contribution in [3.8, 4) is 0 Å². The zero-order valence-electron chi connectivity index (χ0n) is 12.4. The van der Waals surface area contributed by atoms with Crippen LogP contribution in [0.1, 0.15) is 26.2 Å². The first-order chi connectivity index (χ1) is 10.3. The van der Waals surface area contributed by atoms with Crippen LogP contribution in [-0.4, -0.2) is 29.2 Å². The number of rotatable bonds is 5. The monoisotopic (exact) mass is 289 g/mol. The van der Waals surface area contributed by atoms with Crippen LogP contribution < -0.4 is 11.5 Å². The molecule has 0 aromatic carbocycles. The van der Waals surface area contributed by atoms with Gasteiger partial charge in [0, 0.05) is 30.4 Å². The number of hydrogen-bond acceptors (Lipinski definition) is 4. The molecule has 0 aliphatic carbocycles. The van der Waals surface area contributed by atoms with Crippen LogP contribution in [0.15, 0.2) is 40.7 Å². The summed E-state index contributed by atoms with van der Waals surface area (Å²) >= 11 is 0. The first-order valence-electron chi connectivity index (χ1n) is 7.30. The highest BCUT2D eigenvalue weighted by atomic mass is 16.5. The number of hydrogen-bond donors (Lipinski definition) is 3. The summed E-state index contributed by atoms with van der Waals surface area (Å²) in [4.78, 5) is 4.33. The Morgan fingerprint density at radius 3 is 3.05 bits per heavy atom. The Hall–Kier alpha value is -2.08. The van der Waals surface area contributed by atoms with Crippen LogP contribution in [-0.2, 0) is 4.74 Å². The van der Waals surface area contributed by atoms with Crippen LogP contribution in [0, 0.1) is 5.92 Å². The fraction of sp³-hybridized carbons (Fsp3) is 0.467. The number of nitrogens with two attached hydrogens (primary N) is 2. The minimum Gasteiger partial charge on any atom is -0.404 e. The van der Waals surface area contributed by atoms with E-state index >= 15 is 0 Å². The zero-order chi connectivity index (χ0) is 15.1. The van der Waals surface area contributed by atoms with Crippen molar-refractivity contribution in [3.63, 3.8) is 0 Å². The standard InChI is InChI=1S/C15H23N5O/c1-2-4-12(11-5-3-8-21-10-11)13(9-16)15(17)19-14-6-7-18-20-14/h4,6-7,9,11H,2-3,5,8,10,16H2,1H3,(H3,17,18,19,20)/b12-4-,13-9-. The summed E-state index contributed by atoms with van der Waals surface area (Å²) < 4.78 is 5.58. The molecule has 0 bridgehead atoms. The van der Waals surface area contributed by atoms with Gasteiger partial charge < -0.3 is 16.2 Å². The number of aliphatic imine (C=N–C) groups is 1. The average molecular weight is 289 g/mol. The molecule has 1 aromatic heterocycles. The molecular weight excluding hydrogens is 266 g/mol.